The number of quaternary nitrogens is 1. The second kappa shape index (κ2) is 7.38. The molecular formula is C13H26NO5S+. The van der Waals surface area contributed by atoms with Crippen molar-refractivity contribution in [3.8, 4) is 0 Å². The third-order valence-electron chi connectivity index (χ3n) is 3.87. The van der Waals surface area contributed by atoms with Gasteiger partial charge in [-0.15, -0.1) is 0 Å². The van der Waals surface area contributed by atoms with Gasteiger partial charge in [-0.3, -0.25) is 9.35 Å². The number of ether oxygens (including phenoxy) is 1. The minimum absolute atomic E-state index is 0.150. The second-order valence-electron chi connectivity index (χ2n) is 5.90. The van der Waals surface area contributed by atoms with Crippen molar-refractivity contribution in [3.63, 3.8) is 0 Å². The van der Waals surface area contributed by atoms with Gasteiger partial charge in [-0.1, -0.05) is 13.8 Å². The fourth-order valence-corrected chi connectivity index (χ4v) is 3.18. The Morgan fingerprint density at radius 2 is 1.80 bits per heavy atom. The largest absolute Gasteiger partial charge is 0.459 e. The highest BCUT2D eigenvalue weighted by Crippen LogP contribution is 2.19. The average molecular weight is 308 g/mol. The van der Waals surface area contributed by atoms with E-state index in [0.717, 1.165) is 32.4 Å². The topological polar surface area (TPSA) is 80.7 Å². The smallest absolute Gasteiger partial charge is 0.308 e. The number of likely N-dealkylation sites (tertiary alicyclic amines) is 1. The van der Waals surface area contributed by atoms with Crippen molar-refractivity contribution in [2.75, 3.05) is 38.5 Å². The molecule has 0 aromatic carbocycles. The van der Waals surface area contributed by atoms with Crippen LogP contribution < -0.4 is 0 Å². The molecule has 1 fully saturated rings. The first-order chi connectivity index (χ1) is 9.24. The van der Waals surface area contributed by atoms with E-state index in [1.807, 2.05) is 0 Å². The van der Waals surface area contributed by atoms with E-state index in [1.165, 1.54) is 0 Å². The highest BCUT2D eigenvalue weighted by molar-refractivity contribution is 7.85. The number of esters is 1. The molecule has 0 aliphatic carbocycles. The minimum atomic E-state index is -3.94. The SMILES string of the molecule is CC(C)C(=O)OCC[N+]1(CCS(=O)(=O)O)CCCCC1. The molecule has 1 saturated heterocycles. The zero-order valence-corrected chi connectivity index (χ0v) is 13.2. The van der Waals surface area contributed by atoms with E-state index in [-0.39, 0.29) is 17.6 Å². The Bertz CT molecular complexity index is 412. The molecule has 0 saturated carbocycles. The van der Waals surface area contributed by atoms with E-state index in [9.17, 15) is 13.2 Å². The van der Waals surface area contributed by atoms with E-state index in [4.69, 9.17) is 9.29 Å². The summed E-state index contributed by atoms with van der Waals surface area (Å²) in [5, 5.41) is 0. The highest BCUT2D eigenvalue weighted by atomic mass is 32.2. The van der Waals surface area contributed by atoms with E-state index in [0.29, 0.717) is 24.2 Å². The molecule has 6 nitrogen and oxygen atoms in total. The zero-order valence-electron chi connectivity index (χ0n) is 12.4. The second-order valence-corrected chi connectivity index (χ2v) is 7.48. The van der Waals surface area contributed by atoms with Crippen molar-refractivity contribution < 1.29 is 27.0 Å². The average Bonchev–Trinajstić information content (AvgIpc) is 2.37. The summed E-state index contributed by atoms with van der Waals surface area (Å²) in [5.41, 5.74) is 0. The summed E-state index contributed by atoms with van der Waals surface area (Å²) >= 11 is 0. The third kappa shape index (κ3) is 6.19. The Morgan fingerprint density at radius 3 is 2.30 bits per heavy atom. The van der Waals surface area contributed by atoms with Crippen LogP contribution >= 0.6 is 0 Å². The molecule has 0 amide bonds. The molecular weight excluding hydrogens is 282 g/mol. The van der Waals surface area contributed by atoms with Crippen LogP contribution in [0.4, 0.5) is 0 Å². The quantitative estimate of drug-likeness (QED) is 0.432. The van der Waals surface area contributed by atoms with Gasteiger partial charge in [0.1, 0.15) is 18.9 Å². The van der Waals surface area contributed by atoms with Gasteiger partial charge in [-0.05, 0) is 19.3 Å². The Hall–Kier alpha value is -0.660. The van der Waals surface area contributed by atoms with Gasteiger partial charge in [0, 0.05) is 0 Å². The maximum absolute atomic E-state index is 11.4. The first-order valence-corrected chi connectivity index (χ1v) is 8.82. The maximum atomic E-state index is 11.4. The number of rotatable bonds is 7. The van der Waals surface area contributed by atoms with E-state index in [2.05, 4.69) is 0 Å². The molecule has 1 aliphatic heterocycles. The lowest BCUT2D eigenvalue weighted by Gasteiger charge is -2.41. The van der Waals surface area contributed by atoms with Crippen molar-refractivity contribution in [2.45, 2.75) is 33.1 Å². The zero-order chi connectivity index (χ0) is 15.2. The number of hydrogen-bond acceptors (Lipinski definition) is 4. The Balaban J connectivity index is 2.53. The fraction of sp³-hybridized carbons (Fsp3) is 0.923. The normalized spacial score (nSPS) is 19.0. The predicted octanol–water partition coefficient (Wildman–Crippen LogP) is 1.07. The van der Waals surface area contributed by atoms with Crippen LogP contribution in [0.15, 0.2) is 0 Å². The summed E-state index contributed by atoms with van der Waals surface area (Å²) in [4.78, 5) is 11.4. The van der Waals surface area contributed by atoms with Crippen LogP contribution in [0, 0.1) is 5.92 Å². The van der Waals surface area contributed by atoms with E-state index < -0.39 is 10.1 Å². The molecule has 118 valence electrons. The summed E-state index contributed by atoms with van der Waals surface area (Å²) in [6, 6.07) is 0. The minimum Gasteiger partial charge on any atom is -0.459 e. The summed E-state index contributed by atoms with van der Waals surface area (Å²) in [6.07, 6.45) is 3.24. The molecule has 1 heterocycles. The fourth-order valence-electron chi connectivity index (χ4n) is 2.56. The van der Waals surface area contributed by atoms with Gasteiger partial charge in [0.05, 0.1) is 25.6 Å². The number of hydrogen-bond donors (Lipinski definition) is 1. The van der Waals surface area contributed by atoms with Crippen LogP contribution in [0.1, 0.15) is 33.1 Å². The van der Waals surface area contributed by atoms with Crippen molar-refractivity contribution in [3.05, 3.63) is 0 Å². The van der Waals surface area contributed by atoms with Crippen LogP contribution in [-0.4, -0.2) is 62.0 Å². The predicted molar refractivity (Wildman–Crippen MR) is 75.8 cm³/mol. The Kier molecular flexibility index (Phi) is 6.42. The van der Waals surface area contributed by atoms with E-state index in [1.54, 1.807) is 13.8 Å². The van der Waals surface area contributed by atoms with Crippen LogP contribution in [0.5, 0.6) is 0 Å². The lowest BCUT2D eigenvalue weighted by molar-refractivity contribution is -0.930. The van der Waals surface area contributed by atoms with Gasteiger partial charge < -0.3 is 9.22 Å². The van der Waals surface area contributed by atoms with Crippen LogP contribution in [0.2, 0.25) is 0 Å². The molecule has 0 atom stereocenters. The molecule has 7 heteroatoms. The molecule has 0 aromatic heterocycles. The lowest BCUT2D eigenvalue weighted by Crippen LogP contribution is -2.55. The maximum Gasteiger partial charge on any atom is 0.308 e. The first-order valence-electron chi connectivity index (χ1n) is 7.21. The van der Waals surface area contributed by atoms with Crippen molar-refractivity contribution in [1.82, 2.24) is 0 Å². The summed E-state index contributed by atoms with van der Waals surface area (Å²) in [6.45, 7) is 6.65. The van der Waals surface area contributed by atoms with Gasteiger partial charge >= 0.3 is 5.97 Å². The van der Waals surface area contributed by atoms with Crippen LogP contribution in [0.3, 0.4) is 0 Å². The summed E-state index contributed by atoms with van der Waals surface area (Å²) in [5.74, 6) is -0.608. The van der Waals surface area contributed by atoms with Gasteiger partial charge in [0.15, 0.2) is 0 Å². The van der Waals surface area contributed by atoms with Gasteiger partial charge in [0.25, 0.3) is 10.1 Å². The summed E-state index contributed by atoms with van der Waals surface area (Å²) in [7, 11) is -3.94. The molecule has 0 spiro atoms. The molecule has 1 N–H and O–H groups in total. The molecule has 0 unspecified atom stereocenters. The van der Waals surface area contributed by atoms with Crippen LogP contribution in [0.25, 0.3) is 0 Å². The molecule has 1 aliphatic rings. The van der Waals surface area contributed by atoms with Crippen molar-refractivity contribution in [1.29, 1.82) is 0 Å². The number of piperidine rings is 1. The van der Waals surface area contributed by atoms with E-state index >= 15 is 0 Å². The van der Waals surface area contributed by atoms with Gasteiger partial charge in [-0.2, -0.15) is 8.42 Å². The molecule has 0 aromatic rings. The standard InChI is InChI=1S/C13H25NO5S/c1-12(2)13(15)19-10-8-14(6-4-3-5-7-14)9-11-20(16,17)18/h12H,3-11H2,1-2H3/p+1. The molecule has 20 heavy (non-hydrogen) atoms. The Labute approximate surface area is 121 Å². The molecule has 0 radical (unpaired) electrons. The van der Waals surface area contributed by atoms with Crippen molar-refractivity contribution in [2.24, 2.45) is 5.92 Å². The van der Waals surface area contributed by atoms with Gasteiger partial charge in [0.2, 0.25) is 0 Å². The number of carbonyl (C=O) groups is 1. The summed E-state index contributed by atoms with van der Waals surface area (Å²) < 4.78 is 36.6. The van der Waals surface area contributed by atoms with Crippen molar-refractivity contribution >= 4 is 16.1 Å². The molecule has 0 bridgehead atoms. The number of carbonyl (C=O) groups excluding carboxylic acids is 1. The number of nitrogens with zero attached hydrogens (tertiary/aromatic N) is 1. The highest BCUT2D eigenvalue weighted by Gasteiger charge is 2.31. The monoisotopic (exact) mass is 308 g/mol. The third-order valence-corrected chi connectivity index (χ3v) is 4.57. The van der Waals surface area contributed by atoms with Crippen LogP contribution in [-0.2, 0) is 19.6 Å². The Morgan fingerprint density at radius 1 is 1.20 bits per heavy atom. The molecule has 1 rings (SSSR count). The van der Waals surface area contributed by atoms with Gasteiger partial charge in [-0.25, -0.2) is 0 Å². The first kappa shape index (κ1) is 17.4. The lowest BCUT2D eigenvalue weighted by atomic mass is 10.1.